The van der Waals surface area contributed by atoms with Crippen molar-refractivity contribution in [1.29, 1.82) is 0 Å². The Balaban J connectivity index is 2.00. The first-order valence-electron chi connectivity index (χ1n) is 8.60. The number of nitrogens with zero attached hydrogens (tertiary/aromatic N) is 1. The van der Waals surface area contributed by atoms with Crippen molar-refractivity contribution in [2.75, 3.05) is 6.61 Å². The van der Waals surface area contributed by atoms with Crippen molar-refractivity contribution in [3.63, 3.8) is 0 Å². The lowest BCUT2D eigenvalue weighted by atomic mass is 10.0. The summed E-state index contributed by atoms with van der Waals surface area (Å²) in [5, 5.41) is 9.22. The van der Waals surface area contributed by atoms with Gasteiger partial charge in [-0.3, -0.25) is 4.79 Å². The van der Waals surface area contributed by atoms with Gasteiger partial charge in [0, 0.05) is 30.5 Å². The van der Waals surface area contributed by atoms with Crippen LogP contribution in [0.25, 0.3) is 0 Å². The van der Waals surface area contributed by atoms with Crippen LogP contribution in [0.5, 0.6) is 5.75 Å². The van der Waals surface area contributed by atoms with Crippen LogP contribution in [0.3, 0.4) is 0 Å². The second-order valence-corrected chi connectivity index (χ2v) is 6.05. The number of benzene rings is 2. The molecule has 1 aliphatic rings. The Bertz CT molecular complexity index is 856. The van der Waals surface area contributed by atoms with Gasteiger partial charge in [0.05, 0.1) is 12.2 Å². The van der Waals surface area contributed by atoms with Crippen LogP contribution in [-0.2, 0) is 4.79 Å². The molecule has 0 fully saturated rings. The van der Waals surface area contributed by atoms with Crippen molar-refractivity contribution in [2.45, 2.75) is 26.2 Å². The van der Waals surface area contributed by atoms with Crippen LogP contribution in [0.4, 0.5) is 5.69 Å². The van der Waals surface area contributed by atoms with Crippen LogP contribution in [0.2, 0.25) is 0 Å². The van der Waals surface area contributed by atoms with Gasteiger partial charge >= 0.3 is 5.97 Å². The highest BCUT2D eigenvalue weighted by Crippen LogP contribution is 2.21. The zero-order valence-electron chi connectivity index (χ0n) is 14.6. The second kappa shape index (κ2) is 7.82. The summed E-state index contributed by atoms with van der Waals surface area (Å²) in [6.45, 7) is 2.72. The van der Waals surface area contributed by atoms with Gasteiger partial charge in [0.25, 0.3) is 5.91 Å². The molecule has 0 unspecified atom stereocenters. The molecule has 2 aromatic carbocycles. The Kier molecular flexibility index (Phi) is 5.31. The number of carboxylic acid groups (broad SMARTS) is 1. The lowest BCUT2D eigenvalue weighted by Gasteiger charge is -2.15. The van der Waals surface area contributed by atoms with E-state index in [1.54, 1.807) is 22.9 Å². The summed E-state index contributed by atoms with van der Waals surface area (Å²) in [5.74, 6) is -0.304. The molecule has 0 radical (unpaired) electrons. The number of carboxylic acids is 1. The number of hydrazine groups is 1. The van der Waals surface area contributed by atoms with Crippen molar-refractivity contribution in [3.05, 3.63) is 59.7 Å². The van der Waals surface area contributed by atoms with Crippen molar-refractivity contribution >= 4 is 23.3 Å². The molecule has 0 atom stereocenters. The number of rotatable bonds is 6. The molecule has 3 rings (SSSR count). The van der Waals surface area contributed by atoms with Crippen molar-refractivity contribution in [1.82, 2.24) is 5.43 Å². The predicted molar refractivity (Wildman–Crippen MR) is 97.0 cm³/mol. The maximum Gasteiger partial charge on any atom is 0.335 e. The summed E-state index contributed by atoms with van der Waals surface area (Å²) in [7, 11) is 0. The van der Waals surface area contributed by atoms with Gasteiger partial charge in [-0.2, -0.15) is 0 Å². The monoisotopic (exact) mass is 353 g/mol. The third-order valence-electron chi connectivity index (χ3n) is 4.11. The normalized spacial score (nSPS) is 14.1. The molecule has 0 saturated carbocycles. The molecule has 0 aromatic heterocycles. The van der Waals surface area contributed by atoms with E-state index in [1.165, 1.54) is 6.07 Å². The van der Waals surface area contributed by atoms with Gasteiger partial charge in [-0.25, -0.2) is 4.79 Å². The first kappa shape index (κ1) is 17.7. The van der Waals surface area contributed by atoms with Crippen molar-refractivity contribution < 1.29 is 24.1 Å². The Labute approximate surface area is 151 Å². The van der Waals surface area contributed by atoms with E-state index in [1.807, 2.05) is 24.3 Å². The third-order valence-corrected chi connectivity index (χ3v) is 4.11. The average Bonchev–Trinajstić information content (AvgIpc) is 2.67. The van der Waals surface area contributed by atoms with E-state index in [9.17, 15) is 14.7 Å². The van der Waals surface area contributed by atoms with Gasteiger partial charge in [0.2, 0.25) is 11.4 Å². The van der Waals surface area contributed by atoms with E-state index in [-0.39, 0.29) is 11.5 Å². The third kappa shape index (κ3) is 3.91. The SMILES string of the molecule is CCCOc1ccc(C2=[N+](c3cccc(C(=O)O)c3)NC(=O)CC2)cc1. The molecule has 6 heteroatoms. The van der Waals surface area contributed by atoms with E-state index >= 15 is 0 Å². The maximum atomic E-state index is 11.9. The largest absolute Gasteiger partial charge is 0.494 e. The molecular formula is C20H21N2O4+. The molecule has 0 aliphatic carbocycles. The van der Waals surface area contributed by atoms with Crippen LogP contribution in [0.15, 0.2) is 48.5 Å². The molecule has 134 valence electrons. The molecule has 1 amide bonds. The molecule has 1 heterocycles. The number of hydrogen-bond donors (Lipinski definition) is 2. The molecule has 26 heavy (non-hydrogen) atoms. The van der Waals surface area contributed by atoms with E-state index < -0.39 is 5.97 Å². The molecule has 0 saturated heterocycles. The highest BCUT2D eigenvalue weighted by atomic mass is 16.5. The summed E-state index contributed by atoms with van der Waals surface area (Å²) >= 11 is 0. The first-order valence-corrected chi connectivity index (χ1v) is 8.60. The van der Waals surface area contributed by atoms with Gasteiger partial charge in [0.1, 0.15) is 5.75 Å². The van der Waals surface area contributed by atoms with Gasteiger partial charge < -0.3 is 9.84 Å². The summed E-state index contributed by atoms with van der Waals surface area (Å²) < 4.78 is 7.28. The zero-order valence-corrected chi connectivity index (χ0v) is 14.6. The Morgan fingerprint density at radius 1 is 1.19 bits per heavy atom. The number of hydrazone groups is 1. The van der Waals surface area contributed by atoms with Gasteiger partial charge in [0.15, 0.2) is 0 Å². The Morgan fingerprint density at radius 2 is 1.96 bits per heavy atom. The summed E-state index contributed by atoms with van der Waals surface area (Å²) in [4.78, 5) is 23.2. The summed E-state index contributed by atoms with van der Waals surface area (Å²) in [6.07, 6.45) is 1.90. The summed E-state index contributed by atoms with van der Waals surface area (Å²) in [5.41, 5.74) is 5.48. The molecule has 1 aliphatic heterocycles. The Hall–Kier alpha value is -3.15. The molecule has 2 N–H and O–H groups in total. The average molecular weight is 353 g/mol. The minimum absolute atomic E-state index is 0.0997. The number of amides is 1. The zero-order chi connectivity index (χ0) is 18.5. The van der Waals surface area contributed by atoms with Gasteiger partial charge in [-0.05, 0) is 36.8 Å². The topological polar surface area (TPSA) is 78.6 Å². The van der Waals surface area contributed by atoms with E-state index in [4.69, 9.17) is 4.74 Å². The smallest absolute Gasteiger partial charge is 0.335 e. The highest BCUT2D eigenvalue weighted by molar-refractivity contribution is 6.01. The van der Waals surface area contributed by atoms with E-state index in [0.717, 1.165) is 23.4 Å². The van der Waals surface area contributed by atoms with Crippen LogP contribution in [0.1, 0.15) is 42.1 Å². The van der Waals surface area contributed by atoms with E-state index in [2.05, 4.69) is 12.3 Å². The minimum Gasteiger partial charge on any atom is -0.494 e. The fraction of sp³-hybridized carbons (Fsp3) is 0.250. The fourth-order valence-corrected chi connectivity index (χ4v) is 2.83. The standard InChI is InChI=1S/C20H20N2O4/c1-2-12-26-17-8-6-14(7-9-17)18-10-11-19(23)21-22(18)16-5-3-4-15(13-16)20(24)25/h3-9,13H,2,10-12H2,1H3,(H-,21,23,24,25)/p+1. The fourth-order valence-electron chi connectivity index (χ4n) is 2.83. The quantitative estimate of drug-likeness (QED) is 0.782. The second-order valence-electron chi connectivity index (χ2n) is 6.05. The van der Waals surface area contributed by atoms with Crippen LogP contribution < -0.4 is 10.2 Å². The predicted octanol–water partition coefficient (Wildman–Crippen LogP) is 3.13. The number of carbonyl (C=O) groups excluding carboxylic acids is 1. The number of aromatic carboxylic acids is 1. The van der Waals surface area contributed by atoms with Crippen molar-refractivity contribution in [3.8, 4) is 5.75 Å². The van der Waals surface area contributed by atoms with Gasteiger partial charge in [-0.15, -0.1) is 5.43 Å². The molecule has 0 bridgehead atoms. The van der Waals surface area contributed by atoms with Crippen molar-refractivity contribution in [2.24, 2.45) is 0 Å². The van der Waals surface area contributed by atoms with Crippen LogP contribution in [0, 0.1) is 0 Å². The summed E-state index contributed by atoms with van der Waals surface area (Å²) in [6, 6.07) is 14.2. The maximum absolute atomic E-state index is 11.9. The minimum atomic E-state index is -1.01. The number of hydrogen-bond acceptors (Lipinski definition) is 3. The number of ether oxygens (including phenoxy) is 1. The van der Waals surface area contributed by atoms with Crippen LogP contribution in [-0.4, -0.2) is 34.0 Å². The lowest BCUT2D eigenvalue weighted by molar-refractivity contribution is -0.496. The molecular weight excluding hydrogens is 332 g/mol. The highest BCUT2D eigenvalue weighted by Gasteiger charge is 2.29. The number of nitrogens with one attached hydrogen (secondary N) is 1. The van der Waals surface area contributed by atoms with E-state index in [0.29, 0.717) is 25.1 Å². The number of carbonyl (C=O) groups is 2. The first-order chi connectivity index (χ1) is 12.6. The molecule has 0 spiro atoms. The Morgan fingerprint density at radius 3 is 2.65 bits per heavy atom. The molecule has 2 aromatic rings. The lowest BCUT2D eigenvalue weighted by Crippen LogP contribution is -2.40. The van der Waals surface area contributed by atoms with Crippen LogP contribution >= 0.6 is 0 Å². The molecule has 6 nitrogen and oxygen atoms in total. The van der Waals surface area contributed by atoms with Gasteiger partial charge in [-0.1, -0.05) is 17.7 Å².